The van der Waals surface area contributed by atoms with Crippen molar-refractivity contribution in [1.82, 2.24) is 4.98 Å². The largest absolute Gasteiger partial charge is 0.476 e. The molecular weight excluding hydrogens is 256 g/mol. The van der Waals surface area contributed by atoms with Crippen LogP contribution in [0.15, 0.2) is 28.9 Å². The Kier molecular flexibility index (Phi) is 4.08. The van der Waals surface area contributed by atoms with E-state index in [0.717, 1.165) is 17.5 Å². The van der Waals surface area contributed by atoms with Crippen LogP contribution in [0, 0.1) is 6.92 Å². The van der Waals surface area contributed by atoms with Gasteiger partial charge in [0.15, 0.2) is 5.69 Å². The molecule has 1 heterocycles. The fraction of sp³-hybridized carbons (Fsp3) is 0.333. The van der Waals surface area contributed by atoms with Crippen LogP contribution in [0.1, 0.15) is 47.3 Å². The summed E-state index contributed by atoms with van der Waals surface area (Å²) in [5.41, 5.74) is 3.34. The average Bonchev–Trinajstić information content (AvgIpc) is 2.86. The van der Waals surface area contributed by atoms with Crippen molar-refractivity contribution < 1.29 is 14.3 Å². The van der Waals surface area contributed by atoms with E-state index >= 15 is 0 Å². The van der Waals surface area contributed by atoms with E-state index in [2.05, 4.69) is 30.2 Å². The molecule has 2 aromatic rings. The maximum absolute atomic E-state index is 10.7. The maximum atomic E-state index is 10.7. The Bertz CT molecular complexity index is 617. The highest BCUT2D eigenvalue weighted by Crippen LogP contribution is 2.27. The predicted octanol–water partition coefficient (Wildman–Crippen LogP) is 3.42. The number of para-hydroxylation sites is 1. The topological polar surface area (TPSA) is 75.4 Å². The minimum Gasteiger partial charge on any atom is -0.476 e. The van der Waals surface area contributed by atoms with Crippen LogP contribution in [0.4, 0.5) is 5.69 Å². The maximum Gasteiger partial charge on any atom is 0.357 e. The third kappa shape index (κ3) is 2.99. The molecule has 106 valence electrons. The summed E-state index contributed by atoms with van der Waals surface area (Å²) in [7, 11) is 0. The number of oxazole rings is 1. The molecule has 1 aromatic heterocycles. The van der Waals surface area contributed by atoms with Gasteiger partial charge in [-0.1, -0.05) is 32.0 Å². The van der Waals surface area contributed by atoms with Crippen LogP contribution in [0.25, 0.3) is 0 Å². The summed E-state index contributed by atoms with van der Waals surface area (Å²) in [5, 5.41) is 12.1. The molecule has 0 unspecified atom stereocenters. The number of rotatable bonds is 5. The van der Waals surface area contributed by atoms with Gasteiger partial charge in [-0.05, 0) is 24.0 Å². The Morgan fingerprint density at radius 2 is 2.20 bits per heavy atom. The normalized spacial score (nSPS) is 10.8. The summed E-state index contributed by atoms with van der Waals surface area (Å²) >= 11 is 0. The molecule has 0 fully saturated rings. The molecule has 0 atom stereocenters. The average molecular weight is 274 g/mol. The summed E-state index contributed by atoms with van der Waals surface area (Å²) in [6.07, 6.45) is 1.15. The molecule has 2 N–H and O–H groups in total. The summed E-state index contributed by atoms with van der Waals surface area (Å²) in [6.45, 7) is 6.66. The molecule has 0 aliphatic heterocycles. The zero-order valence-electron chi connectivity index (χ0n) is 11.8. The highest BCUT2D eigenvalue weighted by molar-refractivity contribution is 5.84. The standard InChI is InChI=1S/C15H18N2O3/c1-9(2)11-6-4-5-10(3)14(11)16-7-13-17-12(8-20-13)15(18)19/h4-6,8-9,16H,7H2,1-3H3,(H,18,19). The molecule has 2 rings (SSSR count). The number of aromatic carboxylic acids is 1. The van der Waals surface area contributed by atoms with Gasteiger partial charge < -0.3 is 14.8 Å². The van der Waals surface area contributed by atoms with Crippen LogP contribution in [0.2, 0.25) is 0 Å². The van der Waals surface area contributed by atoms with Crippen molar-refractivity contribution in [2.75, 3.05) is 5.32 Å². The Labute approximate surface area is 117 Å². The van der Waals surface area contributed by atoms with E-state index in [4.69, 9.17) is 9.52 Å². The molecule has 0 bridgehead atoms. The summed E-state index contributed by atoms with van der Waals surface area (Å²) in [5.74, 6) is -0.323. The second-order valence-corrected chi connectivity index (χ2v) is 4.98. The number of carboxylic acids is 1. The molecule has 0 spiro atoms. The molecule has 0 saturated carbocycles. The number of aromatic nitrogens is 1. The van der Waals surface area contributed by atoms with E-state index in [9.17, 15) is 4.79 Å². The summed E-state index contributed by atoms with van der Waals surface area (Å²) < 4.78 is 5.13. The van der Waals surface area contributed by atoms with Gasteiger partial charge in [-0.3, -0.25) is 0 Å². The lowest BCUT2D eigenvalue weighted by molar-refractivity contribution is 0.0690. The van der Waals surface area contributed by atoms with Crippen molar-refractivity contribution >= 4 is 11.7 Å². The van der Waals surface area contributed by atoms with Crippen molar-refractivity contribution in [2.45, 2.75) is 33.2 Å². The van der Waals surface area contributed by atoms with E-state index in [-0.39, 0.29) is 5.69 Å². The van der Waals surface area contributed by atoms with Crippen LogP contribution in [0.5, 0.6) is 0 Å². The first-order chi connectivity index (χ1) is 9.49. The van der Waals surface area contributed by atoms with Crippen LogP contribution >= 0.6 is 0 Å². The number of carbonyl (C=O) groups is 1. The van der Waals surface area contributed by atoms with Gasteiger partial charge in [-0.25, -0.2) is 9.78 Å². The van der Waals surface area contributed by atoms with Gasteiger partial charge in [0.2, 0.25) is 5.89 Å². The predicted molar refractivity (Wildman–Crippen MR) is 76.1 cm³/mol. The lowest BCUT2D eigenvalue weighted by Crippen LogP contribution is -2.06. The quantitative estimate of drug-likeness (QED) is 0.873. The highest BCUT2D eigenvalue weighted by Gasteiger charge is 2.12. The Morgan fingerprint density at radius 3 is 2.80 bits per heavy atom. The van der Waals surface area contributed by atoms with Crippen molar-refractivity contribution in [1.29, 1.82) is 0 Å². The fourth-order valence-electron chi connectivity index (χ4n) is 2.07. The number of anilines is 1. The van der Waals surface area contributed by atoms with Crippen molar-refractivity contribution in [3.05, 3.63) is 47.2 Å². The van der Waals surface area contributed by atoms with E-state index < -0.39 is 5.97 Å². The molecule has 0 aliphatic rings. The van der Waals surface area contributed by atoms with Gasteiger partial charge >= 0.3 is 5.97 Å². The van der Waals surface area contributed by atoms with E-state index in [0.29, 0.717) is 18.4 Å². The third-order valence-corrected chi connectivity index (χ3v) is 3.11. The van der Waals surface area contributed by atoms with Gasteiger partial charge in [0.05, 0.1) is 6.54 Å². The van der Waals surface area contributed by atoms with E-state index in [1.165, 1.54) is 5.56 Å². The fourth-order valence-corrected chi connectivity index (χ4v) is 2.07. The van der Waals surface area contributed by atoms with Gasteiger partial charge in [0.25, 0.3) is 0 Å². The van der Waals surface area contributed by atoms with Crippen LogP contribution in [-0.4, -0.2) is 16.1 Å². The molecule has 20 heavy (non-hydrogen) atoms. The van der Waals surface area contributed by atoms with Gasteiger partial charge in [0, 0.05) is 5.69 Å². The van der Waals surface area contributed by atoms with Crippen LogP contribution < -0.4 is 5.32 Å². The van der Waals surface area contributed by atoms with Gasteiger partial charge in [0.1, 0.15) is 6.26 Å². The molecular formula is C15H18N2O3. The number of nitrogens with zero attached hydrogens (tertiary/aromatic N) is 1. The minimum atomic E-state index is -1.08. The second kappa shape index (κ2) is 5.77. The van der Waals surface area contributed by atoms with Crippen molar-refractivity contribution in [3.8, 4) is 0 Å². The summed E-state index contributed by atoms with van der Waals surface area (Å²) in [6, 6.07) is 6.15. The Morgan fingerprint density at radius 1 is 1.45 bits per heavy atom. The molecule has 1 aromatic carbocycles. The molecule has 0 aliphatic carbocycles. The van der Waals surface area contributed by atoms with Crippen LogP contribution in [-0.2, 0) is 6.54 Å². The SMILES string of the molecule is Cc1cccc(C(C)C)c1NCc1nc(C(=O)O)co1. The molecule has 0 amide bonds. The lowest BCUT2D eigenvalue weighted by Gasteiger charge is -2.16. The molecule has 5 heteroatoms. The first-order valence-corrected chi connectivity index (χ1v) is 6.50. The number of nitrogens with one attached hydrogen (secondary N) is 1. The van der Waals surface area contributed by atoms with Crippen molar-refractivity contribution in [2.24, 2.45) is 0 Å². The Balaban J connectivity index is 2.16. The first kappa shape index (κ1) is 14.1. The molecule has 0 radical (unpaired) electrons. The molecule has 5 nitrogen and oxygen atoms in total. The van der Waals surface area contributed by atoms with Crippen LogP contribution in [0.3, 0.4) is 0 Å². The lowest BCUT2D eigenvalue weighted by atomic mass is 9.98. The molecule has 0 saturated heterocycles. The minimum absolute atomic E-state index is 0.0735. The number of benzene rings is 1. The number of hydrogen-bond acceptors (Lipinski definition) is 4. The monoisotopic (exact) mass is 274 g/mol. The smallest absolute Gasteiger partial charge is 0.357 e. The van der Waals surface area contributed by atoms with Crippen molar-refractivity contribution in [3.63, 3.8) is 0 Å². The van der Waals surface area contributed by atoms with E-state index in [1.807, 2.05) is 19.1 Å². The Hall–Kier alpha value is -2.30. The summed E-state index contributed by atoms with van der Waals surface area (Å²) in [4.78, 5) is 14.6. The second-order valence-electron chi connectivity index (χ2n) is 4.98. The van der Waals surface area contributed by atoms with E-state index in [1.54, 1.807) is 0 Å². The zero-order valence-corrected chi connectivity index (χ0v) is 11.8. The number of aryl methyl sites for hydroxylation is 1. The number of carboxylic acid groups (broad SMARTS) is 1. The zero-order chi connectivity index (χ0) is 14.7. The van der Waals surface area contributed by atoms with Gasteiger partial charge in [-0.2, -0.15) is 0 Å². The third-order valence-electron chi connectivity index (χ3n) is 3.11. The highest BCUT2D eigenvalue weighted by atomic mass is 16.4. The number of hydrogen-bond donors (Lipinski definition) is 2. The first-order valence-electron chi connectivity index (χ1n) is 6.50. The van der Waals surface area contributed by atoms with Gasteiger partial charge in [-0.15, -0.1) is 0 Å².